The van der Waals surface area contributed by atoms with E-state index in [-0.39, 0.29) is 12.8 Å². The zero-order chi connectivity index (χ0) is 19.3. The lowest BCUT2D eigenvalue weighted by Crippen LogP contribution is -2.03. The smallest absolute Gasteiger partial charge is 0.252 e. The van der Waals surface area contributed by atoms with Crippen LogP contribution in [-0.4, -0.2) is 40.3 Å². The van der Waals surface area contributed by atoms with Crippen molar-refractivity contribution >= 4 is 17.4 Å². The fourth-order valence-corrected chi connectivity index (χ4v) is 3.14. The largest absolute Gasteiger partial charge is 0.309 e. The quantitative estimate of drug-likeness (QED) is 0.571. The first-order chi connectivity index (χ1) is 13.5. The van der Waals surface area contributed by atoms with Crippen LogP contribution in [0.2, 0.25) is 0 Å². The van der Waals surface area contributed by atoms with Crippen LogP contribution in [0.15, 0.2) is 42.9 Å². The Kier molecular flexibility index (Phi) is 3.61. The van der Waals surface area contributed by atoms with Gasteiger partial charge in [-0.1, -0.05) is 0 Å². The zero-order valence-corrected chi connectivity index (χ0v) is 14.9. The van der Waals surface area contributed by atoms with Crippen molar-refractivity contribution < 1.29 is 8.78 Å². The standard InChI is InChI=1S/C18H16F2N8/c1-27-14(3-6-22-27)24-17-21-5-2-13(23-17)11-4-7-28-15(8-11)25-26-16(28)9-12-10-18(12,19)20/h2-8,12H,9-10H2,1H3,(H,21,23,24). The summed E-state index contributed by atoms with van der Waals surface area (Å²) in [6.45, 7) is 0. The van der Waals surface area contributed by atoms with E-state index in [1.54, 1.807) is 33.7 Å². The van der Waals surface area contributed by atoms with Gasteiger partial charge in [0.05, 0.1) is 11.9 Å². The van der Waals surface area contributed by atoms with E-state index in [9.17, 15) is 8.78 Å². The van der Waals surface area contributed by atoms with Crippen molar-refractivity contribution in [3.05, 3.63) is 48.7 Å². The van der Waals surface area contributed by atoms with Gasteiger partial charge in [-0.15, -0.1) is 10.2 Å². The summed E-state index contributed by atoms with van der Waals surface area (Å²) in [5.74, 6) is -1.44. The molecule has 142 valence electrons. The van der Waals surface area contributed by atoms with Crippen molar-refractivity contribution in [3.8, 4) is 11.3 Å². The summed E-state index contributed by atoms with van der Waals surface area (Å²) < 4.78 is 29.8. The predicted molar refractivity (Wildman–Crippen MR) is 97.3 cm³/mol. The number of pyridine rings is 1. The van der Waals surface area contributed by atoms with Crippen LogP contribution < -0.4 is 5.32 Å². The minimum atomic E-state index is -2.57. The molecule has 0 saturated heterocycles. The molecule has 1 unspecified atom stereocenters. The number of aryl methyl sites for hydroxylation is 1. The lowest BCUT2D eigenvalue weighted by molar-refractivity contribution is 0.0984. The van der Waals surface area contributed by atoms with Crippen LogP contribution in [0.4, 0.5) is 20.5 Å². The average Bonchev–Trinajstić information content (AvgIpc) is 2.99. The number of nitrogens with zero attached hydrogens (tertiary/aromatic N) is 7. The summed E-state index contributed by atoms with van der Waals surface area (Å²) in [7, 11) is 1.82. The molecule has 1 saturated carbocycles. The van der Waals surface area contributed by atoms with Crippen molar-refractivity contribution in [1.29, 1.82) is 0 Å². The third kappa shape index (κ3) is 2.96. The van der Waals surface area contributed by atoms with E-state index in [0.29, 0.717) is 23.1 Å². The zero-order valence-electron chi connectivity index (χ0n) is 14.9. The molecule has 0 spiro atoms. The Labute approximate surface area is 158 Å². The van der Waals surface area contributed by atoms with E-state index in [1.165, 1.54) is 0 Å². The summed E-state index contributed by atoms with van der Waals surface area (Å²) >= 11 is 0. The van der Waals surface area contributed by atoms with Gasteiger partial charge in [0.25, 0.3) is 5.92 Å². The molecule has 1 N–H and O–H groups in total. The van der Waals surface area contributed by atoms with Gasteiger partial charge in [-0.2, -0.15) is 5.10 Å². The number of rotatable bonds is 5. The molecule has 4 aromatic rings. The van der Waals surface area contributed by atoms with Crippen LogP contribution in [0.5, 0.6) is 0 Å². The van der Waals surface area contributed by atoms with E-state index in [4.69, 9.17) is 0 Å². The van der Waals surface area contributed by atoms with Gasteiger partial charge in [0.1, 0.15) is 11.6 Å². The lowest BCUT2D eigenvalue weighted by atomic mass is 10.2. The number of fused-ring (bicyclic) bond motifs is 1. The van der Waals surface area contributed by atoms with Gasteiger partial charge in [0, 0.05) is 49.8 Å². The van der Waals surface area contributed by atoms with Gasteiger partial charge in [-0.25, -0.2) is 18.7 Å². The topological polar surface area (TPSA) is 85.8 Å². The normalized spacial score (nSPS) is 17.8. The minimum Gasteiger partial charge on any atom is -0.309 e. The van der Waals surface area contributed by atoms with Crippen molar-refractivity contribution in [2.75, 3.05) is 5.32 Å². The molecule has 0 radical (unpaired) electrons. The third-order valence-corrected chi connectivity index (χ3v) is 4.88. The van der Waals surface area contributed by atoms with Gasteiger partial charge < -0.3 is 5.32 Å². The Bertz CT molecular complexity index is 1170. The van der Waals surface area contributed by atoms with E-state index >= 15 is 0 Å². The SMILES string of the molecule is Cn1nccc1Nc1nccc(-c2ccn3c(CC4CC4(F)F)nnc3c2)n1. The summed E-state index contributed by atoms with van der Waals surface area (Å²) in [5, 5.41) is 15.4. The maximum absolute atomic E-state index is 13.2. The molecule has 8 nitrogen and oxygen atoms in total. The van der Waals surface area contributed by atoms with E-state index < -0.39 is 11.8 Å². The van der Waals surface area contributed by atoms with Gasteiger partial charge in [0.2, 0.25) is 5.95 Å². The van der Waals surface area contributed by atoms with Gasteiger partial charge in [-0.05, 0) is 18.2 Å². The van der Waals surface area contributed by atoms with Crippen molar-refractivity contribution in [1.82, 2.24) is 34.3 Å². The number of nitrogens with one attached hydrogen (secondary N) is 1. The van der Waals surface area contributed by atoms with Crippen LogP contribution in [0.25, 0.3) is 16.9 Å². The maximum atomic E-state index is 13.2. The number of halogens is 2. The predicted octanol–water partition coefficient (Wildman–Crippen LogP) is 2.86. The second kappa shape index (κ2) is 6.04. The van der Waals surface area contributed by atoms with E-state index in [2.05, 4.69) is 30.6 Å². The van der Waals surface area contributed by atoms with Gasteiger partial charge >= 0.3 is 0 Å². The molecule has 28 heavy (non-hydrogen) atoms. The highest BCUT2D eigenvalue weighted by molar-refractivity contribution is 5.65. The summed E-state index contributed by atoms with van der Waals surface area (Å²) in [6.07, 6.45) is 5.28. The Hall–Kier alpha value is -3.43. The Morgan fingerprint density at radius 3 is 2.82 bits per heavy atom. The second-order valence-corrected chi connectivity index (χ2v) is 6.86. The van der Waals surface area contributed by atoms with Crippen LogP contribution in [-0.2, 0) is 13.5 Å². The summed E-state index contributed by atoms with van der Waals surface area (Å²) in [6, 6.07) is 7.31. The minimum absolute atomic E-state index is 0.0760. The fourth-order valence-electron chi connectivity index (χ4n) is 3.14. The number of anilines is 2. The second-order valence-electron chi connectivity index (χ2n) is 6.86. The molecule has 1 atom stereocenters. The average molecular weight is 382 g/mol. The monoisotopic (exact) mass is 382 g/mol. The van der Waals surface area contributed by atoms with Crippen molar-refractivity contribution in [3.63, 3.8) is 0 Å². The van der Waals surface area contributed by atoms with Crippen LogP contribution >= 0.6 is 0 Å². The van der Waals surface area contributed by atoms with Crippen LogP contribution in [0.1, 0.15) is 12.2 Å². The van der Waals surface area contributed by atoms with Gasteiger partial charge in [0.15, 0.2) is 5.65 Å². The van der Waals surface area contributed by atoms with E-state index in [1.807, 2.05) is 25.2 Å². The van der Waals surface area contributed by atoms with Crippen molar-refractivity contribution in [2.24, 2.45) is 13.0 Å². The number of hydrogen-bond donors (Lipinski definition) is 1. The molecule has 4 heterocycles. The highest BCUT2D eigenvalue weighted by Crippen LogP contribution is 2.50. The molecule has 0 aliphatic heterocycles. The Morgan fingerprint density at radius 1 is 1.21 bits per heavy atom. The first kappa shape index (κ1) is 16.7. The highest BCUT2D eigenvalue weighted by atomic mass is 19.3. The maximum Gasteiger partial charge on any atom is 0.252 e. The Balaban J connectivity index is 1.42. The first-order valence-electron chi connectivity index (χ1n) is 8.79. The third-order valence-electron chi connectivity index (χ3n) is 4.88. The fraction of sp³-hybridized carbons (Fsp3) is 0.278. The van der Waals surface area contributed by atoms with E-state index in [0.717, 1.165) is 11.4 Å². The number of alkyl halides is 2. The molecular weight excluding hydrogens is 366 g/mol. The summed E-state index contributed by atoms with van der Waals surface area (Å²) in [4.78, 5) is 8.76. The molecule has 4 aromatic heterocycles. The molecule has 0 aromatic carbocycles. The highest BCUT2D eigenvalue weighted by Gasteiger charge is 2.56. The van der Waals surface area contributed by atoms with Gasteiger partial charge in [-0.3, -0.25) is 9.08 Å². The molecule has 1 aliphatic rings. The Morgan fingerprint density at radius 2 is 2.07 bits per heavy atom. The summed E-state index contributed by atoms with van der Waals surface area (Å²) in [5.41, 5.74) is 2.13. The molecule has 0 bridgehead atoms. The molecular formula is C18H16F2N8. The molecule has 1 aliphatic carbocycles. The number of aromatic nitrogens is 7. The lowest BCUT2D eigenvalue weighted by Gasteiger charge is -2.07. The number of hydrogen-bond acceptors (Lipinski definition) is 6. The molecule has 5 rings (SSSR count). The molecule has 10 heteroatoms. The van der Waals surface area contributed by atoms with Crippen LogP contribution in [0, 0.1) is 5.92 Å². The van der Waals surface area contributed by atoms with Crippen molar-refractivity contribution in [2.45, 2.75) is 18.8 Å². The molecule has 0 amide bonds. The molecule has 1 fully saturated rings. The first-order valence-corrected chi connectivity index (χ1v) is 8.79. The van der Waals surface area contributed by atoms with Crippen LogP contribution in [0.3, 0.4) is 0 Å².